The van der Waals surface area contributed by atoms with Gasteiger partial charge in [-0.2, -0.15) is 0 Å². The summed E-state index contributed by atoms with van der Waals surface area (Å²) in [6.45, 7) is 0.166. The van der Waals surface area contributed by atoms with Crippen LogP contribution in [0.5, 0.6) is 5.75 Å². The maximum atomic E-state index is 11.7. The molecule has 0 saturated heterocycles. The number of methoxy groups -OCH3 is 1. The van der Waals surface area contributed by atoms with Crippen LogP contribution in [0.15, 0.2) is 18.2 Å². The van der Waals surface area contributed by atoms with Crippen LogP contribution in [0, 0.1) is 0 Å². The zero-order valence-electron chi connectivity index (χ0n) is 11.7. The van der Waals surface area contributed by atoms with Crippen LogP contribution in [0.4, 0.5) is 5.69 Å². The standard InChI is InChI=1S/C14H18ClNO5/c1-20-7-3-2-4-13(17)16-10-5-6-12(11(15)8-10)21-9-14(18)19/h5-6,8H,2-4,7,9H2,1H3,(H,16,17)(H,18,19). The maximum Gasteiger partial charge on any atom is 0.341 e. The van der Waals surface area contributed by atoms with Gasteiger partial charge < -0.3 is 19.9 Å². The predicted octanol–water partition coefficient (Wildman–Crippen LogP) is 2.56. The van der Waals surface area contributed by atoms with Gasteiger partial charge in [0.25, 0.3) is 0 Å². The van der Waals surface area contributed by atoms with Gasteiger partial charge in [0.1, 0.15) is 5.75 Å². The lowest BCUT2D eigenvalue weighted by molar-refractivity contribution is -0.139. The van der Waals surface area contributed by atoms with Gasteiger partial charge in [-0.05, 0) is 31.0 Å². The largest absolute Gasteiger partial charge is 0.480 e. The van der Waals surface area contributed by atoms with E-state index in [9.17, 15) is 9.59 Å². The van der Waals surface area contributed by atoms with Gasteiger partial charge in [-0.1, -0.05) is 11.6 Å². The summed E-state index contributed by atoms with van der Waals surface area (Å²) in [5.74, 6) is -0.932. The van der Waals surface area contributed by atoms with Crippen molar-refractivity contribution in [3.05, 3.63) is 23.2 Å². The SMILES string of the molecule is COCCCCC(=O)Nc1ccc(OCC(=O)O)c(Cl)c1. The number of hydrogen-bond donors (Lipinski definition) is 2. The highest BCUT2D eigenvalue weighted by Gasteiger charge is 2.07. The molecule has 7 heteroatoms. The molecule has 0 aromatic heterocycles. The van der Waals surface area contributed by atoms with Crippen LogP contribution < -0.4 is 10.1 Å². The van der Waals surface area contributed by atoms with Crippen molar-refractivity contribution in [2.24, 2.45) is 0 Å². The van der Waals surface area contributed by atoms with Gasteiger partial charge in [0, 0.05) is 25.8 Å². The number of carbonyl (C=O) groups is 2. The molecule has 0 aliphatic heterocycles. The Morgan fingerprint density at radius 1 is 1.33 bits per heavy atom. The van der Waals surface area contributed by atoms with Crippen LogP contribution in [-0.4, -0.2) is 37.3 Å². The van der Waals surface area contributed by atoms with E-state index >= 15 is 0 Å². The van der Waals surface area contributed by atoms with Crippen LogP contribution in [0.3, 0.4) is 0 Å². The van der Waals surface area contributed by atoms with E-state index in [1.54, 1.807) is 13.2 Å². The third kappa shape index (κ3) is 6.97. The second kappa shape index (κ2) is 9.20. The van der Waals surface area contributed by atoms with Gasteiger partial charge in [-0.15, -0.1) is 0 Å². The Labute approximate surface area is 128 Å². The van der Waals surface area contributed by atoms with Gasteiger partial charge >= 0.3 is 5.97 Å². The summed E-state index contributed by atoms with van der Waals surface area (Å²) >= 11 is 5.96. The van der Waals surface area contributed by atoms with Crippen molar-refractivity contribution in [2.45, 2.75) is 19.3 Å². The minimum absolute atomic E-state index is 0.110. The van der Waals surface area contributed by atoms with Crippen molar-refractivity contribution in [1.29, 1.82) is 0 Å². The smallest absolute Gasteiger partial charge is 0.341 e. The fraction of sp³-hybridized carbons (Fsp3) is 0.429. The van der Waals surface area contributed by atoms with Gasteiger partial charge in [0.2, 0.25) is 5.91 Å². The zero-order chi connectivity index (χ0) is 15.7. The number of nitrogens with one attached hydrogen (secondary N) is 1. The summed E-state index contributed by atoms with van der Waals surface area (Å²) in [6, 6.07) is 4.65. The number of aliphatic carboxylic acids is 1. The van der Waals surface area contributed by atoms with Crippen LogP contribution >= 0.6 is 11.6 Å². The molecule has 1 rings (SSSR count). The van der Waals surface area contributed by atoms with Gasteiger partial charge in [0.05, 0.1) is 5.02 Å². The number of amides is 1. The molecule has 0 heterocycles. The van der Waals surface area contributed by atoms with E-state index < -0.39 is 12.6 Å². The Hall–Kier alpha value is -1.79. The molecule has 116 valence electrons. The molecule has 0 radical (unpaired) electrons. The number of ether oxygens (including phenoxy) is 2. The first-order chi connectivity index (χ1) is 10.0. The second-order valence-corrected chi connectivity index (χ2v) is 4.73. The molecule has 0 unspecified atom stereocenters. The van der Waals surface area contributed by atoms with E-state index in [-0.39, 0.29) is 16.7 Å². The Kier molecular flexibility index (Phi) is 7.56. The molecule has 0 aliphatic rings. The van der Waals surface area contributed by atoms with Gasteiger partial charge in [-0.3, -0.25) is 4.79 Å². The summed E-state index contributed by atoms with van der Waals surface area (Å²) < 4.78 is 9.90. The summed E-state index contributed by atoms with van der Waals surface area (Å²) in [5, 5.41) is 11.5. The third-order valence-electron chi connectivity index (χ3n) is 2.57. The number of unbranched alkanes of at least 4 members (excludes halogenated alkanes) is 1. The molecule has 0 fully saturated rings. The summed E-state index contributed by atoms with van der Waals surface area (Å²) in [6.07, 6.45) is 1.97. The highest BCUT2D eigenvalue weighted by Crippen LogP contribution is 2.27. The molecule has 0 spiro atoms. The first kappa shape index (κ1) is 17.3. The number of carboxylic acids is 1. The number of hydrogen-bond acceptors (Lipinski definition) is 4. The van der Waals surface area contributed by atoms with Crippen molar-refractivity contribution >= 4 is 29.2 Å². The Morgan fingerprint density at radius 3 is 2.71 bits per heavy atom. The monoisotopic (exact) mass is 315 g/mol. The summed E-state index contributed by atoms with van der Waals surface area (Å²) in [5.41, 5.74) is 0.541. The van der Waals surface area contributed by atoms with E-state index in [1.165, 1.54) is 12.1 Å². The van der Waals surface area contributed by atoms with E-state index in [0.29, 0.717) is 18.7 Å². The topological polar surface area (TPSA) is 84.9 Å². The molecule has 1 aromatic rings. The van der Waals surface area contributed by atoms with Crippen molar-refractivity contribution in [1.82, 2.24) is 0 Å². The summed E-state index contributed by atoms with van der Waals surface area (Å²) in [7, 11) is 1.62. The minimum atomic E-state index is -1.08. The molecular weight excluding hydrogens is 298 g/mol. The van der Waals surface area contributed by atoms with Crippen LogP contribution in [0.25, 0.3) is 0 Å². The molecule has 21 heavy (non-hydrogen) atoms. The predicted molar refractivity (Wildman–Crippen MR) is 78.9 cm³/mol. The number of anilines is 1. The molecule has 0 atom stereocenters. The lowest BCUT2D eigenvalue weighted by Gasteiger charge is -2.09. The highest BCUT2D eigenvalue weighted by molar-refractivity contribution is 6.32. The Morgan fingerprint density at radius 2 is 2.10 bits per heavy atom. The minimum Gasteiger partial charge on any atom is -0.480 e. The average molecular weight is 316 g/mol. The lowest BCUT2D eigenvalue weighted by atomic mass is 10.2. The quantitative estimate of drug-likeness (QED) is 0.684. The molecule has 0 aliphatic carbocycles. The highest BCUT2D eigenvalue weighted by atomic mass is 35.5. The number of halogens is 1. The fourth-order valence-corrected chi connectivity index (χ4v) is 1.83. The Bertz CT molecular complexity index is 492. The molecule has 6 nitrogen and oxygen atoms in total. The van der Waals surface area contributed by atoms with E-state index in [2.05, 4.69) is 5.32 Å². The molecule has 1 amide bonds. The molecule has 0 saturated carbocycles. The van der Waals surface area contributed by atoms with Crippen LogP contribution in [0.2, 0.25) is 5.02 Å². The summed E-state index contributed by atoms with van der Waals surface area (Å²) in [4.78, 5) is 22.1. The first-order valence-electron chi connectivity index (χ1n) is 6.46. The number of benzene rings is 1. The number of rotatable bonds is 9. The fourth-order valence-electron chi connectivity index (χ4n) is 1.59. The van der Waals surface area contributed by atoms with E-state index in [0.717, 1.165) is 12.8 Å². The number of carboxylic acid groups (broad SMARTS) is 1. The van der Waals surface area contributed by atoms with Crippen molar-refractivity contribution < 1.29 is 24.2 Å². The first-order valence-corrected chi connectivity index (χ1v) is 6.83. The van der Waals surface area contributed by atoms with E-state index in [1.807, 2.05) is 0 Å². The molecule has 0 bridgehead atoms. The number of carbonyl (C=O) groups excluding carboxylic acids is 1. The zero-order valence-corrected chi connectivity index (χ0v) is 12.5. The Balaban J connectivity index is 2.47. The molecule has 1 aromatic carbocycles. The van der Waals surface area contributed by atoms with Crippen molar-refractivity contribution in [3.8, 4) is 5.75 Å². The van der Waals surface area contributed by atoms with Crippen LogP contribution in [-0.2, 0) is 14.3 Å². The molecular formula is C14H18ClNO5. The average Bonchev–Trinajstić information content (AvgIpc) is 2.42. The van der Waals surface area contributed by atoms with Gasteiger partial charge in [-0.25, -0.2) is 4.79 Å². The van der Waals surface area contributed by atoms with Gasteiger partial charge in [0.15, 0.2) is 6.61 Å². The lowest BCUT2D eigenvalue weighted by Crippen LogP contribution is -2.12. The molecule has 2 N–H and O–H groups in total. The van der Waals surface area contributed by atoms with Crippen molar-refractivity contribution in [2.75, 3.05) is 25.6 Å². The normalized spacial score (nSPS) is 10.2. The van der Waals surface area contributed by atoms with Crippen molar-refractivity contribution in [3.63, 3.8) is 0 Å². The van der Waals surface area contributed by atoms with E-state index in [4.69, 9.17) is 26.2 Å². The second-order valence-electron chi connectivity index (χ2n) is 4.33. The third-order valence-corrected chi connectivity index (χ3v) is 2.86. The maximum absolute atomic E-state index is 11.7. The van der Waals surface area contributed by atoms with Crippen LogP contribution in [0.1, 0.15) is 19.3 Å².